The number of rotatable bonds is 3. The molecule has 0 aliphatic heterocycles. The highest BCUT2D eigenvalue weighted by Gasteiger charge is 2.22. The Morgan fingerprint density at radius 3 is 2.38 bits per heavy atom. The first-order valence-corrected chi connectivity index (χ1v) is 8.03. The lowest BCUT2D eigenvalue weighted by Gasteiger charge is -2.13. The van der Waals surface area contributed by atoms with Crippen molar-refractivity contribution in [3.63, 3.8) is 0 Å². The maximum Gasteiger partial charge on any atom is 0.265 e. The Hall–Kier alpha value is -1.57. The molecule has 21 heavy (non-hydrogen) atoms. The van der Waals surface area contributed by atoms with Crippen LogP contribution in [0, 0.1) is 13.8 Å². The third kappa shape index (κ3) is 3.37. The second kappa shape index (κ2) is 5.67. The molecule has 0 radical (unpaired) electrons. The van der Waals surface area contributed by atoms with Crippen LogP contribution >= 0.6 is 23.2 Å². The van der Waals surface area contributed by atoms with Crippen LogP contribution in [-0.4, -0.2) is 18.4 Å². The first-order chi connectivity index (χ1) is 9.70. The average molecular weight is 347 g/mol. The number of sulfonamides is 1. The van der Waals surface area contributed by atoms with Gasteiger partial charge in [0.1, 0.15) is 15.9 Å². The number of hydrogen-bond donors (Lipinski definition) is 2. The second-order valence-corrected chi connectivity index (χ2v) is 6.74. The zero-order valence-electron chi connectivity index (χ0n) is 11.2. The highest BCUT2D eigenvalue weighted by atomic mass is 35.5. The van der Waals surface area contributed by atoms with Crippen LogP contribution in [0.3, 0.4) is 0 Å². The van der Waals surface area contributed by atoms with Gasteiger partial charge >= 0.3 is 0 Å². The van der Waals surface area contributed by atoms with E-state index in [0.29, 0.717) is 11.1 Å². The zero-order chi connectivity index (χ0) is 15.8. The predicted octanol–water partition coefficient (Wildman–Crippen LogP) is 2.78. The molecule has 0 saturated carbocycles. The molecule has 6 nitrogen and oxygen atoms in total. The molecule has 0 atom stereocenters. The summed E-state index contributed by atoms with van der Waals surface area (Å²) in [6.07, 6.45) is 0. The summed E-state index contributed by atoms with van der Waals surface area (Å²) in [7, 11) is -3.91. The number of nitrogens with one attached hydrogen (secondary N) is 1. The van der Waals surface area contributed by atoms with Gasteiger partial charge < -0.3 is 5.73 Å². The second-order valence-electron chi connectivity index (χ2n) is 4.39. The number of halogens is 2. The number of aromatic nitrogens is 2. The molecule has 0 fully saturated rings. The van der Waals surface area contributed by atoms with Gasteiger partial charge in [0.2, 0.25) is 5.28 Å². The van der Waals surface area contributed by atoms with Crippen LogP contribution < -0.4 is 10.5 Å². The van der Waals surface area contributed by atoms with Gasteiger partial charge in [-0.05, 0) is 36.6 Å². The fraction of sp³-hybridized carbons (Fsp3) is 0.167. The van der Waals surface area contributed by atoms with Crippen LogP contribution in [0.15, 0.2) is 23.1 Å². The van der Waals surface area contributed by atoms with Crippen molar-refractivity contribution in [3.8, 4) is 0 Å². The summed E-state index contributed by atoms with van der Waals surface area (Å²) in [6.45, 7) is 3.39. The third-order valence-electron chi connectivity index (χ3n) is 2.79. The van der Waals surface area contributed by atoms with Gasteiger partial charge in [-0.3, -0.25) is 4.72 Å². The monoisotopic (exact) mass is 346 g/mol. The molecule has 0 saturated heterocycles. The molecule has 0 aliphatic rings. The molecule has 2 rings (SSSR count). The first-order valence-electron chi connectivity index (χ1n) is 5.79. The topological polar surface area (TPSA) is 98.0 Å². The minimum atomic E-state index is -3.91. The highest BCUT2D eigenvalue weighted by Crippen LogP contribution is 2.28. The van der Waals surface area contributed by atoms with Crippen LogP contribution in [-0.2, 0) is 10.0 Å². The molecule has 1 heterocycles. The molecule has 0 aliphatic carbocycles. The van der Waals surface area contributed by atoms with Gasteiger partial charge in [0, 0.05) is 6.07 Å². The quantitative estimate of drug-likeness (QED) is 0.505. The number of nitrogens with two attached hydrogens (primary N) is 1. The van der Waals surface area contributed by atoms with Gasteiger partial charge in [-0.2, -0.15) is 4.98 Å². The number of nitrogens with zero attached hydrogens (tertiary/aromatic N) is 2. The smallest absolute Gasteiger partial charge is 0.265 e. The number of nitrogen functional groups attached to an aromatic ring is 1. The Kier molecular flexibility index (Phi) is 4.27. The third-order valence-corrected chi connectivity index (χ3v) is 4.71. The highest BCUT2D eigenvalue weighted by molar-refractivity contribution is 7.93. The fourth-order valence-corrected chi connectivity index (χ4v) is 3.63. The van der Waals surface area contributed by atoms with Crippen LogP contribution in [0.5, 0.6) is 0 Å². The Bertz CT molecular complexity index is 789. The molecule has 0 spiro atoms. The molecule has 0 amide bonds. The van der Waals surface area contributed by atoms with Crippen molar-refractivity contribution < 1.29 is 8.42 Å². The molecule has 0 unspecified atom stereocenters. The van der Waals surface area contributed by atoms with Crippen molar-refractivity contribution in [1.82, 2.24) is 9.97 Å². The van der Waals surface area contributed by atoms with E-state index >= 15 is 0 Å². The van der Waals surface area contributed by atoms with Gasteiger partial charge in [0.25, 0.3) is 10.0 Å². The molecular weight excluding hydrogens is 335 g/mol. The van der Waals surface area contributed by atoms with E-state index in [-0.39, 0.29) is 26.8 Å². The number of benzene rings is 1. The summed E-state index contributed by atoms with van der Waals surface area (Å²) in [5.74, 6) is -0.0275. The standard InChI is InChI=1S/C12H12Cl2N4O2S/c1-6-3-4-7(2)11(10(6)15)21(19,20)18-9-5-8(13)16-12(14)17-9/h3-5H,15H2,1-2H3,(H,16,17,18). The maximum absolute atomic E-state index is 12.5. The van der Waals surface area contributed by atoms with E-state index in [9.17, 15) is 8.42 Å². The Morgan fingerprint density at radius 2 is 1.76 bits per heavy atom. The summed E-state index contributed by atoms with van der Waals surface area (Å²) >= 11 is 11.4. The number of hydrogen-bond acceptors (Lipinski definition) is 5. The van der Waals surface area contributed by atoms with Crippen molar-refractivity contribution >= 4 is 44.7 Å². The number of anilines is 2. The Balaban J connectivity index is 2.51. The molecule has 0 bridgehead atoms. The SMILES string of the molecule is Cc1ccc(C)c(S(=O)(=O)Nc2cc(Cl)nc(Cl)n2)c1N. The van der Waals surface area contributed by atoms with Gasteiger partial charge in [0.05, 0.1) is 5.69 Å². The lowest BCUT2D eigenvalue weighted by atomic mass is 10.1. The minimum Gasteiger partial charge on any atom is -0.397 e. The molecule has 1 aromatic carbocycles. The fourth-order valence-electron chi connectivity index (χ4n) is 1.79. The van der Waals surface area contributed by atoms with Gasteiger partial charge in [-0.1, -0.05) is 23.7 Å². The minimum absolute atomic E-state index is 0.00774. The zero-order valence-corrected chi connectivity index (χ0v) is 13.5. The van der Waals surface area contributed by atoms with Crippen molar-refractivity contribution in [2.24, 2.45) is 0 Å². The Labute approximate surface area is 132 Å². The summed E-state index contributed by atoms with van der Waals surface area (Å²) in [6, 6.07) is 4.69. The average Bonchev–Trinajstić information content (AvgIpc) is 2.32. The Morgan fingerprint density at radius 1 is 1.14 bits per heavy atom. The van der Waals surface area contributed by atoms with Gasteiger partial charge in [-0.25, -0.2) is 13.4 Å². The van der Waals surface area contributed by atoms with E-state index in [4.69, 9.17) is 28.9 Å². The summed E-state index contributed by atoms with van der Waals surface area (Å²) in [5.41, 5.74) is 7.26. The lowest BCUT2D eigenvalue weighted by Crippen LogP contribution is -2.17. The predicted molar refractivity (Wildman–Crippen MR) is 83.2 cm³/mol. The van der Waals surface area contributed by atoms with Crippen molar-refractivity contribution in [1.29, 1.82) is 0 Å². The number of aryl methyl sites for hydroxylation is 2. The molecule has 112 valence electrons. The van der Waals surface area contributed by atoms with E-state index in [1.807, 2.05) is 0 Å². The molecule has 2 aromatic rings. The van der Waals surface area contributed by atoms with Crippen molar-refractivity contribution in [3.05, 3.63) is 39.8 Å². The lowest BCUT2D eigenvalue weighted by molar-refractivity contribution is 0.601. The van der Waals surface area contributed by atoms with Crippen LogP contribution in [0.2, 0.25) is 10.4 Å². The first kappa shape index (κ1) is 15.8. The summed E-state index contributed by atoms with van der Waals surface area (Å²) < 4.78 is 27.3. The molecular formula is C12H12Cl2N4O2S. The van der Waals surface area contributed by atoms with Gasteiger partial charge in [0.15, 0.2) is 0 Å². The van der Waals surface area contributed by atoms with Crippen LogP contribution in [0.25, 0.3) is 0 Å². The van der Waals surface area contributed by atoms with E-state index in [1.54, 1.807) is 26.0 Å². The van der Waals surface area contributed by atoms with E-state index in [0.717, 1.165) is 0 Å². The molecule has 1 aromatic heterocycles. The van der Waals surface area contributed by atoms with E-state index < -0.39 is 10.0 Å². The molecule has 3 N–H and O–H groups in total. The van der Waals surface area contributed by atoms with Crippen molar-refractivity contribution in [2.75, 3.05) is 10.5 Å². The molecule has 9 heteroatoms. The maximum atomic E-state index is 12.5. The summed E-state index contributed by atoms with van der Waals surface area (Å²) in [5, 5.41) is -0.129. The van der Waals surface area contributed by atoms with Crippen LogP contribution in [0.1, 0.15) is 11.1 Å². The van der Waals surface area contributed by atoms with Gasteiger partial charge in [-0.15, -0.1) is 0 Å². The van der Waals surface area contributed by atoms with E-state index in [2.05, 4.69) is 14.7 Å². The van der Waals surface area contributed by atoms with Crippen LogP contribution in [0.4, 0.5) is 11.5 Å². The van der Waals surface area contributed by atoms with Crippen molar-refractivity contribution in [2.45, 2.75) is 18.7 Å². The largest absolute Gasteiger partial charge is 0.397 e. The normalized spacial score (nSPS) is 11.4. The van der Waals surface area contributed by atoms with E-state index in [1.165, 1.54) is 6.07 Å². The summed E-state index contributed by atoms with van der Waals surface area (Å²) in [4.78, 5) is 7.42.